The van der Waals surface area contributed by atoms with Gasteiger partial charge in [0.25, 0.3) is 0 Å². The summed E-state index contributed by atoms with van der Waals surface area (Å²) in [4.78, 5) is 0. The standard InChI is InChI=1S/C46H54N8/c1(11-23-47-27-31-51(39-47)35-43-15-7-5-8-16-43)3-13-25-49-29-33-53(41-49)37-45-19-21-46(22-20-45)38-54-34-30-50(42-54)26-14-4-2-12-24-48-28-32-52(40-48)36-44-17-9-6-10-18-44/h1-10,15-22,27-34,39-42H,11-14,23-26,35-38H2/q+4/b3-1-,4-2-. The van der Waals surface area contributed by atoms with Gasteiger partial charge >= 0.3 is 0 Å². The highest BCUT2D eigenvalue weighted by molar-refractivity contribution is 5.21. The molecule has 0 aliphatic carbocycles. The fraction of sp³-hybridized carbons (Fsp3) is 0.261. The molecule has 0 atom stereocenters. The molecule has 0 radical (unpaired) electrons. The van der Waals surface area contributed by atoms with Gasteiger partial charge in [-0.05, 0) is 22.3 Å². The fourth-order valence-electron chi connectivity index (χ4n) is 6.78. The SMILES string of the molecule is C(=C/CCn1cc[n+](Cc2ccc(C[n+]3ccn(CC/C=C\CCn4cc[n+](Cc5ccccc5)c4)c3)cc2)c1)/CCn1cc[n+](Cc2ccccc2)c1. The topological polar surface area (TPSA) is 35.2 Å². The minimum atomic E-state index is 0.876. The van der Waals surface area contributed by atoms with E-state index in [4.69, 9.17) is 0 Å². The third kappa shape index (κ3) is 11.5. The Hall–Kier alpha value is -6.02. The molecule has 0 N–H and O–H groups in total. The van der Waals surface area contributed by atoms with E-state index in [-0.39, 0.29) is 0 Å². The van der Waals surface area contributed by atoms with Crippen LogP contribution in [0.4, 0.5) is 0 Å². The number of nitrogens with zero attached hydrogens (tertiary/aromatic N) is 8. The maximum Gasteiger partial charge on any atom is 0.244 e. The van der Waals surface area contributed by atoms with Crippen molar-refractivity contribution in [2.24, 2.45) is 0 Å². The highest BCUT2D eigenvalue weighted by Gasteiger charge is 2.08. The van der Waals surface area contributed by atoms with Gasteiger partial charge in [0, 0.05) is 25.7 Å². The molecule has 0 spiro atoms. The number of hydrogen-bond acceptors (Lipinski definition) is 0. The number of hydrogen-bond donors (Lipinski definition) is 0. The molecule has 3 aromatic carbocycles. The maximum atomic E-state index is 2.31. The Balaban J connectivity index is 0.760. The molecule has 0 aliphatic rings. The highest BCUT2D eigenvalue weighted by atomic mass is 15.1. The summed E-state index contributed by atoms with van der Waals surface area (Å²) in [6, 6.07) is 30.2. The van der Waals surface area contributed by atoms with Crippen LogP contribution in [-0.2, 0) is 52.4 Å². The molecule has 0 unspecified atom stereocenters. The molecule has 0 saturated heterocycles. The van der Waals surface area contributed by atoms with E-state index in [1.165, 1.54) is 22.3 Å². The molecule has 4 heterocycles. The Labute approximate surface area is 320 Å². The average Bonchev–Trinajstić information content (AvgIpc) is 4.03. The van der Waals surface area contributed by atoms with E-state index < -0.39 is 0 Å². The van der Waals surface area contributed by atoms with Crippen LogP contribution in [-0.4, -0.2) is 18.3 Å². The summed E-state index contributed by atoms with van der Waals surface area (Å²) in [5.74, 6) is 0. The van der Waals surface area contributed by atoms with Crippen molar-refractivity contribution in [1.29, 1.82) is 0 Å². The molecule has 0 fully saturated rings. The highest BCUT2D eigenvalue weighted by Crippen LogP contribution is 2.06. The Morgan fingerprint density at radius 2 is 0.593 bits per heavy atom. The van der Waals surface area contributed by atoms with Crippen LogP contribution >= 0.6 is 0 Å². The van der Waals surface area contributed by atoms with Crippen LogP contribution in [0, 0.1) is 0 Å². The summed E-state index contributed by atoms with van der Waals surface area (Å²) in [5.41, 5.74) is 5.28. The van der Waals surface area contributed by atoms with Gasteiger partial charge in [-0.3, -0.25) is 0 Å². The first-order chi connectivity index (χ1) is 26.7. The zero-order valence-corrected chi connectivity index (χ0v) is 31.4. The van der Waals surface area contributed by atoms with E-state index in [1.807, 2.05) is 0 Å². The molecular weight excluding hydrogens is 665 g/mol. The first kappa shape index (κ1) is 36.3. The van der Waals surface area contributed by atoms with E-state index in [2.05, 4.69) is 221 Å². The quantitative estimate of drug-likeness (QED) is 0.0655. The summed E-state index contributed by atoms with van der Waals surface area (Å²) in [6.07, 6.45) is 39.5. The number of aryl methyl sites for hydroxylation is 4. The molecule has 54 heavy (non-hydrogen) atoms. The van der Waals surface area contributed by atoms with E-state index in [1.54, 1.807) is 0 Å². The zero-order valence-electron chi connectivity index (χ0n) is 31.4. The summed E-state index contributed by atoms with van der Waals surface area (Å²) >= 11 is 0. The second kappa shape index (κ2) is 19.2. The zero-order chi connectivity index (χ0) is 36.6. The van der Waals surface area contributed by atoms with Crippen LogP contribution in [0.3, 0.4) is 0 Å². The van der Waals surface area contributed by atoms with Crippen molar-refractivity contribution in [3.8, 4) is 0 Å². The lowest BCUT2D eigenvalue weighted by molar-refractivity contribution is -0.688. The van der Waals surface area contributed by atoms with Gasteiger partial charge in [0.15, 0.2) is 0 Å². The van der Waals surface area contributed by atoms with Crippen molar-refractivity contribution < 1.29 is 18.3 Å². The van der Waals surface area contributed by atoms with Crippen molar-refractivity contribution in [3.63, 3.8) is 0 Å². The van der Waals surface area contributed by atoms with E-state index in [0.29, 0.717) is 0 Å². The van der Waals surface area contributed by atoms with Gasteiger partial charge in [-0.2, -0.15) is 0 Å². The predicted molar refractivity (Wildman–Crippen MR) is 211 cm³/mol. The molecule has 4 aromatic heterocycles. The Bertz CT molecular complexity index is 2020. The molecule has 0 bridgehead atoms. The third-order valence-corrected chi connectivity index (χ3v) is 9.70. The van der Waals surface area contributed by atoms with Gasteiger partial charge in [-0.1, -0.05) is 109 Å². The van der Waals surface area contributed by atoms with E-state index in [9.17, 15) is 0 Å². The third-order valence-electron chi connectivity index (χ3n) is 9.70. The van der Waals surface area contributed by atoms with Crippen molar-refractivity contribution in [1.82, 2.24) is 18.3 Å². The largest absolute Gasteiger partial charge is 0.244 e. The molecule has 274 valence electrons. The molecule has 7 aromatic rings. The van der Waals surface area contributed by atoms with Crippen molar-refractivity contribution in [2.75, 3.05) is 0 Å². The molecular formula is C46H54N8+4. The summed E-state index contributed by atoms with van der Waals surface area (Å²) in [7, 11) is 0. The number of allylic oxidation sites excluding steroid dienone is 4. The monoisotopic (exact) mass is 718 g/mol. The summed E-state index contributed by atoms with van der Waals surface area (Å²) in [5, 5.41) is 0. The second-order valence-corrected chi connectivity index (χ2v) is 14.2. The van der Waals surface area contributed by atoms with Crippen LogP contribution in [0.5, 0.6) is 0 Å². The lowest BCUT2D eigenvalue weighted by Gasteiger charge is -2.01. The van der Waals surface area contributed by atoms with Gasteiger partial charge in [-0.25, -0.2) is 36.5 Å². The fourth-order valence-corrected chi connectivity index (χ4v) is 6.78. The lowest BCUT2D eigenvalue weighted by Crippen LogP contribution is -2.32. The Kier molecular flexibility index (Phi) is 12.9. The summed E-state index contributed by atoms with van der Waals surface area (Å²) in [6.45, 7) is 7.54. The molecule has 7 rings (SSSR count). The molecule has 0 aliphatic heterocycles. The van der Waals surface area contributed by atoms with Gasteiger partial charge < -0.3 is 0 Å². The van der Waals surface area contributed by atoms with Crippen molar-refractivity contribution in [2.45, 2.75) is 78.0 Å². The first-order valence-electron chi connectivity index (χ1n) is 19.4. The van der Waals surface area contributed by atoms with Gasteiger partial charge in [-0.15, -0.1) is 0 Å². The van der Waals surface area contributed by atoms with Gasteiger partial charge in [0.05, 0.1) is 26.2 Å². The number of benzene rings is 3. The van der Waals surface area contributed by atoms with Crippen molar-refractivity contribution >= 4 is 0 Å². The number of rotatable bonds is 20. The molecule has 0 saturated carbocycles. The second-order valence-electron chi connectivity index (χ2n) is 14.2. The van der Waals surface area contributed by atoms with Crippen LogP contribution < -0.4 is 18.3 Å². The number of aromatic nitrogens is 8. The van der Waals surface area contributed by atoms with Crippen LogP contribution in [0.15, 0.2) is 184 Å². The van der Waals surface area contributed by atoms with Crippen LogP contribution in [0.1, 0.15) is 47.9 Å². The van der Waals surface area contributed by atoms with Crippen molar-refractivity contribution in [3.05, 3.63) is 206 Å². The first-order valence-corrected chi connectivity index (χ1v) is 19.4. The minimum Gasteiger partial charge on any atom is -0.237 e. The smallest absolute Gasteiger partial charge is 0.237 e. The molecule has 0 amide bonds. The van der Waals surface area contributed by atoms with Gasteiger partial charge in [0.2, 0.25) is 25.3 Å². The number of imidazole rings is 4. The predicted octanol–water partition coefficient (Wildman–Crippen LogP) is 6.31. The maximum absolute atomic E-state index is 2.31. The lowest BCUT2D eigenvalue weighted by atomic mass is 10.1. The molecule has 8 nitrogen and oxygen atoms in total. The van der Waals surface area contributed by atoms with E-state index in [0.717, 1.165) is 78.0 Å². The van der Waals surface area contributed by atoms with Crippen LogP contribution in [0.25, 0.3) is 0 Å². The Morgan fingerprint density at radius 3 is 0.870 bits per heavy atom. The van der Waals surface area contributed by atoms with Gasteiger partial charge in [0.1, 0.15) is 75.8 Å². The average molecular weight is 719 g/mol. The summed E-state index contributed by atoms with van der Waals surface area (Å²) < 4.78 is 18.1. The van der Waals surface area contributed by atoms with Crippen LogP contribution in [0.2, 0.25) is 0 Å². The Morgan fingerprint density at radius 1 is 0.333 bits per heavy atom. The molecule has 8 heteroatoms. The normalized spacial score (nSPS) is 11.7. The minimum absolute atomic E-state index is 0.876. The van der Waals surface area contributed by atoms with E-state index >= 15 is 0 Å².